The van der Waals surface area contributed by atoms with E-state index in [1.54, 1.807) is 56.5 Å². The molecule has 29 heavy (non-hydrogen) atoms. The molecular formula is C19H22ClNNaO7+. The Morgan fingerprint density at radius 2 is 1.66 bits per heavy atom. The molecule has 0 saturated carbocycles. The second-order valence-corrected chi connectivity index (χ2v) is 6.10. The molecule has 1 heterocycles. The Morgan fingerprint density at radius 1 is 1.07 bits per heavy atom. The predicted molar refractivity (Wildman–Crippen MR) is 107 cm³/mol. The number of carboxylic acid groups (broad SMARTS) is 1. The van der Waals surface area contributed by atoms with Crippen molar-refractivity contribution >= 4 is 34.4 Å². The fourth-order valence-corrected chi connectivity index (χ4v) is 3.07. The molecule has 0 aliphatic rings. The Kier molecular flexibility index (Phi) is 12.1. The number of halogens is 1. The Morgan fingerprint density at radius 3 is 2.17 bits per heavy atom. The quantitative estimate of drug-likeness (QED) is 0.492. The molecule has 3 aromatic rings. The molecule has 2 aromatic carbocycles. The van der Waals surface area contributed by atoms with Crippen LogP contribution in [0.25, 0.3) is 10.9 Å². The third-order valence-electron chi connectivity index (χ3n) is 4.16. The number of carbonyl (C=O) groups excluding carboxylic acids is 1. The summed E-state index contributed by atoms with van der Waals surface area (Å²) >= 11 is 5.89. The molecule has 8 nitrogen and oxygen atoms in total. The summed E-state index contributed by atoms with van der Waals surface area (Å²) in [5.41, 5.74) is 2.32. The Hall–Kier alpha value is -1.91. The van der Waals surface area contributed by atoms with Crippen LogP contribution >= 0.6 is 11.6 Å². The first kappa shape index (κ1) is 29.3. The summed E-state index contributed by atoms with van der Waals surface area (Å²) in [6.07, 6.45) is -0.170. The summed E-state index contributed by atoms with van der Waals surface area (Å²) in [5.74, 6) is -0.583. The molecular weight excluding hydrogens is 413 g/mol. The van der Waals surface area contributed by atoms with Crippen LogP contribution in [0.2, 0.25) is 5.02 Å². The Labute approximate surface area is 194 Å². The zero-order valence-electron chi connectivity index (χ0n) is 16.2. The number of benzene rings is 2. The van der Waals surface area contributed by atoms with Gasteiger partial charge in [0.2, 0.25) is 0 Å². The van der Waals surface area contributed by atoms with E-state index in [1.807, 2.05) is 0 Å². The van der Waals surface area contributed by atoms with Gasteiger partial charge in [0.05, 0.1) is 19.0 Å². The first-order valence-corrected chi connectivity index (χ1v) is 8.00. The molecule has 3 rings (SSSR count). The van der Waals surface area contributed by atoms with Crippen LogP contribution in [-0.4, -0.2) is 45.1 Å². The van der Waals surface area contributed by atoms with E-state index in [0.29, 0.717) is 38.5 Å². The molecule has 0 aliphatic heterocycles. The summed E-state index contributed by atoms with van der Waals surface area (Å²) in [6, 6.07) is 11.9. The van der Waals surface area contributed by atoms with Crippen molar-refractivity contribution in [3.8, 4) is 5.75 Å². The molecule has 0 saturated heterocycles. The molecule has 10 heteroatoms. The van der Waals surface area contributed by atoms with Crippen molar-refractivity contribution in [3.63, 3.8) is 0 Å². The van der Waals surface area contributed by atoms with Gasteiger partial charge in [-0.25, -0.2) is 0 Å². The van der Waals surface area contributed by atoms with Gasteiger partial charge in [0, 0.05) is 21.7 Å². The molecule has 0 amide bonds. The molecule has 0 fully saturated rings. The van der Waals surface area contributed by atoms with E-state index in [1.165, 1.54) is 4.57 Å². The largest absolute Gasteiger partial charge is 1.00 e. The number of rotatable bonds is 4. The van der Waals surface area contributed by atoms with Gasteiger partial charge in [0.25, 0.3) is 5.91 Å². The molecule has 0 atom stereocenters. The standard InChI is InChI=1S/C19H16ClNO4.Na.3H2O/c1-11-15(10-18(22)23)16-9-14(25-2)7-8-17(16)21(11)19(24)12-3-5-13(20)6-4-12;;;;/h3-9H,10H2,1-2H3,(H,22,23);;3*1H2/q;+1;;;. The van der Waals surface area contributed by atoms with Crippen molar-refractivity contribution in [2.75, 3.05) is 7.11 Å². The number of aromatic nitrogens is 1. The molecule has 0 radical (unpaired) electrons. The maximum Gasteiger partial charge on any atom is 1.00 e. The molecule has 0 unspecified atom stereocenters. The van der Waals surface area contributed by atoms with Crippen LogP contribution < -0.4 is 34.3 Å². The van der Waals surface area contributed by atoms with Gasteiger partial charge in [0.1, 0.15) is 5.75 Å². The van der Waals surface area contributed by atoms with Gasteiger partial charge in [-0.1, -0.05) is 11.6 Å². The maximum absolute atomic E-state index is 13.0. The van der Waals surface area contributed by atoms with Crippen molar-refractivity contribution in [2.24, 2.45) is 0 Å². The van der Waals surface area contributed by atoms with Crippen LogP contribution in [-0.2, 0) is 11.2 Å². The van der Waals surface area contributed by atoms with Crippen molar-refractivity contribution in [3.05, 3.63) is 64.3 Å². The van der Waals surface area contributed by atoms with Crippen LogP contribution in [0, 0.1) is 6.92 Å². The molecule has 0 spiro atoms. The zero-order valence-corrected chi connectivity index (χ0v) is 19.0. The van der Waals surface area contributed by atoms with Crippen molar-refractivity contribution in [2.45, 2.75) is 13.3 Å². The summed E-state index contributed by atoms with van der Waals surface area (Å²) in [7, 11) is 1.54. The van der Waals surface area contributed by atoms with E-state index in [-0.39, 0.29) is 58.3 Å². The molecule has 0 aliphatic carbocycles. The third-order valence-corrected chi connectivity index (χ3v) is 4.42. The summed E-state index contributed by atoms with van der Waals surface area (Å²) in [5, 5.41) is 10.5. The summed E-state index contributed by atoms with van der Waals surface area (Å²) in [6.45, 7) is 1.75. The number of hydrogen-bond donors (Lipinski definition) is 1. The number of aliphatic carboxylic acids is 1. The smallest absolute Gasteiger partial charge is 0.497 e. The molecule has 152 valence electrons. The van der Waals surface area contributed by atoms with Gasteiger partial charge >= 0.3 is 35.5 Å². The van der Waals surface area contributed by atoms with E-state index in [4.69, 9.17) is 16.3 Å². The number of ether oxygens (including phenoxy) is 1. The Bertz CT molecular complexity index is 986. The summed E-state index contributed by atoms with van der Waals surface area (Å²) < 4.78 is 6.77. The first-order chi connectivity index (χ1) is 11.9. The fourth-order valence-electron chi connectivity index (χ4n) is 2.95. The number of carboxylic acids is 1. The van der Waals surface area contributed by atoms with Crippen LogP contribution in [0.4, 0.5) is 0 Å². The number of nitrogens with zero attached hydrogens (tertiary/aromatic N) is 1. The van der Waals surface area contributed by atoms with Crippen molar-refractivity contribution in [1.82, 2.24) is 4.57 Å². The van der Waals surface area contributed by atoms with E-state index in [0.717, 1.165) is 0 Å². The van der Waals surface area contributed by atoms with E-state index in [9.17, 15) is 14.7 Å². The molecule has 0 bridgehead atoms. The van der Waals surface area contributed by atoms with Gasteiger partial charge < -0.3 is 26.3 Å². The topological polar surface area (TPSA) is 163 Å². The van der Waals surface area contributed by atoms with Gasteiger partial charge in [-0.2, -0.15) is 0 Å². The van der Waals surface area contributed by atoms with Crippen LogP contribution in [0.5, 0.6) is 5.75 Å². The van der Waals surface area contributed by atoms with Gasteiger partial charge in [-0.05, 0) is 55.0 Å². The second kappa shape index (κ2) is 11.9. The van der Waals surface area contributed by atoms with E-state index < -0.39 is 5.97 Å². The minimum absolute atomic E-state index is 0. The minimum atomic E-state index is -0.955. The normalized spacial score (nSPS) is 9.34. The maximum atomic E-state index is 13.0. The SMILES string of the molecule is COc1ccc2c(c1)c(CC(=O)O)c(C)n2C(=O)c1ccc(Cl)cc1.O.O.O.[Na+]. The van der Waals surface area contributed by atoms with Gasteiger partial charge in [-0.3, -0.25) is 14.2 Å². The molecule has 1 aromatic heterocycles. The van der Waals surface area contributed by atoms with E-state index in [2.05, 4.69) is 0 Å². The van der Waals surface area contributed by atoms with Crippen molar-refractivity contribution < 1.29 is 65.4 Å². The number of hydrogen-bond acceptors (Lipinski definition) is 3. The fraction of sp³-hybridized carbons (Fsp3) is 0.158. The monoisotopic (exact) mass is 434 g/mol. The summed E-state index contributed by atoms with van der Waals surface area (Å²) in [4.78, 5) is 24.3. The number of carbonyl (C=O) groups is 2. The van der Waals surface area contributed by atoms with Crippen LogP contribution in [0.1, 0.15) is 21.6 Å². The van der Waals surface area contributed by atoms with E-state index >= 15 is 0 Å². The average molecular weight is 435 g/mol. The number of fused-ring (bicyclic) bond motifs is 1. The minimum Gasteiger partial charge on any atom is -0.497 e. The van der Waals surface area contributed by atoms with Crippen molar-refractivity contribution in [1.29, 1.82) is 0 Å². The third kappa shape index (κ3) is 5.80. The van der Waals surface area contributed by atoms with Crippen LogP contribution in [0.15, 0.2) is 42.5 Å². The second-order valence-electron chi connectivity index (χ2n) is 5.67. The number of methoxy groups -OCH3 is 1. The molecule has 7 N–H and O–H groups in total. The first-order valence-electron chi connectivity index (χ1n) is 7.62. The predicted octanol–water partition coefficient (Wildman–Crippen LogP) is -1.54. The Balaban J connectivity index is 0. The van der Waals surface area contributed by atoms with Gasteiger partial charge in [0.15, 0.2) is 0 Å². The van der Waals surface area contributed by atoms with Crippen LogP contribution in [0.3, 0.4) is 0 Å². The van der Waals surface area contributed by atoms with Gasteiger partial charge in [-0.15, -0.1) is 0 Å². The zero-order chi connectivity index (χ0) is 18.1. The average Bonchev–Trinajstić information content (AvgIpc) is 2.86.